The molecule has 1 aliphatic rings. The molecule has 21 heavy (non-hydrogen) atoms. The molecule has 0 unspecified atom stereocenters. The average Bonchev–Trinajstić information content (AvgIpc) is 2.48. The summed E-state index contributed by atoms with van der Waals surface area (Å²) in [5.74, 6) is -0.387. The molecule has 0 radical (unpaired) electrons. The predicted octanol–water partition coefficient (Wildman–Crippen LogP) is -0.596. The number of nitrogens with two attached hydrogens (primary N) is 1. The first kappa shape index (κ1) is 15.5. The number of hydrogen-bond donors (Lipinski definition) is 2. The van der Waals surface area contributed by atoms with Crippen LogP contribution in [-0.4, -0.2) is 60.9 Å². The fourth-order valence-electron chi connectivity index (χ4n) is 2.66. The third-order valence-corrected chi connectivity index (χ3v) is 3.73. The predicted molar refractivity (Wildman–Crippen MR) is 80.3 cm³/mol. The molecule has 1 atom stereocenters. The normalized spacial score (nSPS) is 20.1. The van der Waals surface area contributed by atoms with Gasteiger partial charge in [-0.1, -0.05) is 30.3 Å². The number of piperazine rings is 1. The Bertz CT molecular complexity index is 492. The van der Waals surface area contributed by atoms with Crippen molar-refractivity contribution < 1.29 is 9.59 Å². The van der Waals surface area contributed by atoms with Crippen LogP contribution in [0.4, 0.5) is 0 Å². The van der Waals surface area contributed by atoms with E-state index in [0.29, 0.717) is 6.54 Å². The van der Waals surface area contributed by atoms with Gasteiger partial charge in [0.05, 0.1) is 6.54 Å². The van der Waals surface area contributed by atoms with Crippen LogP contribution in [0.3, 0.4) is 0 Å². The molecular formula is C15H22N4O2. The Hall–Kier alpha value is -1.92. The summed E-state index contributed by atoms with van der Waals surface area (Å²) in [6.45, 7) is 2.93. The molecule has 1 heterocycles. The van der Waals surface area contributed by atoms with Crippen molar-refractivity contribution in [2.75, 3.05) is 33.2 Å². The zero-order chi connectivity index (χ0) is 15.2. The van der Waals surface area contributed by atoms with Crippen molar-refractivity contribution in [3.05, 3.63) is 35.9 Å². The van der Waals surface area contributed by atoms with E-state index in [0.717, 1.165) is 19.6 Å². The van der Waals surface area contributed by atoms with Crippen LogP contribution < -0.4 is 11.1 Å². The molecule has 6 nitrogen and oxygen atoms in total. The van der Waals surface area contributed by atoms with E-state index in [2.05, 4.69) is 22.3 Å². The summed E-state index contributed by atoms with van der Waals surface area (Å²) in [7, 11) is 1.63. The molecule has 6 heteroatoms. The lowest BCUT2D eigenvalue weighted by molar-refractivity contribution is -0.130. The van der Waals surface area contributed by atoms with E-state index in [-0.39, 0.29) is 24.4 Å². The van der Waals surface area contributed by atoms with Crippen LogP contribution in [0.5, 0.6) is 0 Å². The molecule has 1 aliphatic heterocycles. The first-order valence-electron chi connectivity index (χ1n) is 7.10. The Kier molecular flexibility index (Phi) is 5.30. The second kappa shape index (κ2) is 7.19. The second-order valence-corrected chi connectivity index (χ2v) is 5.29. The summed E-state index contributed by atoms with van der Waals surface area (Å²) in [6, 6.07) is 9.81. The molecule has 2 amide bonds. The first-order valence-corrected chi connectivity index (χ1v) is 7.10. The molecule has 0 aliphatic carbocycles. The first-order chi connectivity index (χ1) is 10.1. The number of nitrogens with one attached hydrogen (secondary N) is 1. The number of likely N-dealkylation sites (N-methyl/N-ethyl adjacent to an activating group) is 1. The molecule has 114 valence electrons. The standard InChI is InChI=1S/C15H22N4O2/c1-17-15(21)13-10-18(11-14(16)20)7-8-19(13)9-12-5-3-2-4-6-12/h2-6,13H,7-11H2,1H3,(H2,16,20)(H,17,21)/t13-/m0/s1. The van der Waals surface area contributed by atoms with Crippen molar-refractivity contribution in [3.8, 4) is 0 Å². The van der Waals surface area contributed by atoms with Crippen molar-refractivity contribution in [2.24, 2.45) is 5.73 Å². The van der Waals surface area contributed by atoms with Crippen LogP contribution in [0.2, 0.25) is 0 Å². The Morgan fingerprint density at radius 2 is 2.00 bits per heavy atom. The third-order valence-electron chi connectivity index (χ3n) is 3.73. The molecule has 1 saturated heterocycles. The molecule has 0 bridgehead atoms. The highest BCUT2D eigenvalue weighted by atomic mass is 16.2. The highest BCUT2D eigenvalue weighted by Gasteiger charge is 2.32. The number of hydrogen-bond acceptors (Lipinski definition) is 4. The van der Waals surface area contributed by atoms with Gasteiger partial charge in [0, 0.05) is 33.2 Å². The third kappa shape index (κ3) is 4.27. The van der Waals surface area contributed by atoms with E-state index >= 15 is 0 Å². The molecule has 3 N–H and O–H groups in total. The van der Waals surface area contributed by atoms with Crippen LogP contribution in [0.15, 0.2) is 30.3 Å². The Labute approximate surface area is 124 Å². The van der Waals surface area contributed by atoms with Crippen LogP contribution >= 0.6 is 0 Å². The highest BCUT2D eigenvalue weighted by Crippen LogP contribution is 2.14. The van der Waals surface area contributed by atoms with Crippen LogP contribution in [-0.2, 0) is 16.1 Å². The minimum atomic E-state index is -0.359. The van der Waals surface area contributed by atoms with Crippen molar-refractivity contribution in [1.82, 2.24) is 15.1 Å². The lowest BCUT2D eigenvalue weighted by atomic mass is 10.1. The van der Waals surface area contributed by atoms with Gasteiger partial charge in [-0.05, 0) is 5.56 Å². The molecule has 1 fully saturated rings. The molecule has 2 rings (SSSR count). The van der Waals surface area contributed by atoms with E-state index in [1.807, 2.05) is 23.1 Å². The number of benzene rings is 1. The van der Waals surface area contributed by atoms with Crippen molar-refractivity contribution in [3.63, 3.8) is 0 Å². The monoisotopic (exact) mass is 290 g/mol. The number of amides is 2. The van der Waals surface area contributed by atoms with E-state index in [1.54, 1.807) is 7.05 Å². The summed E-state index contributed by atoms with van der Waals surface area (Å²) in [6.07, 6.45) is 0. The van der Waals surface area contributed by atoms with Gasteiger partial charge in [-0.15, -0.1) is 0 Å². The average molecular weight is 290 g/mol. The molecule has 0 saturated carbocycles. The topological polar surface area (TPSA) is 78.7 Å². The quantitative estimate of drug-likeness (QED) is 0.759. The minimum Gasteiger partial charge on any atom is -0.369 e. The number of rotatable bonds is 5. The zero-order valence-corrected chi connectivity index (χ0v) is 12.3. The lowest BCUT2D eigenvalue weighted by Gasteiger charge is -2.40. The Balaban J connectivity index is 2.05. The largest absolute Gasteiger partial charge is 0.369 e. The van der Waals surface area contributed by atoms with Crippen molar-refractivity contribution >= 4 is 11.8 Å². The van der Waals surface area contributed by atoms with Crippen LogP contribution in [0.1, 0.15) is 5.56 Å². The van der Waals surface area contributed by atoms with E-state index in [1.165, 1.54) is 5.56 Å². The molecule has 0 spiro atoms. The molecule has 0 aromatic heterocycles. The molecule has 1 aromatic carbocycles. The SMILES string of the molecule is CNC(=O)[C@@H]1CN(CC(N)=O)CCN1Cc1ccccc1. The van der Waals surface area contributed by atoms with Crippen LogP contribution in [0, 0.1) is 0 Å². The van der Waals surface area contributed by atoms with Gasteiger partial charge in [-0.3, -0.25) is 19.4 Å². The van der Waals surface area contributed by atoms with E-state index < -0.39 is 0 Å². The molecule has 1 aromatic rings. The number of primary amides is 1. The summed E-state index contributed by atoms with van der Waals surface area (Å²) in [5.41, 5.74) is 6.42. The highest BCUT2D eigenvalue weighted by molar-refractivity contribution is 5.82. The lowest BCUT2D eigenvalue weighted by Crippen LogP contribution is -2.59. The van der Waals surface area contributed by atoms with Crippen molar-refractivity contribution in [2.45, 2.75) is 12.6 Å². The summed E-state index contributed by atoms with van der Waals surface area (Å²) in [5, 5.41) is 2.70. The maximum atomic E-state index is 12.1. The van der Waals surface area contributed by atoms with Gasteiger partial charge < -0.3 is 11.1 Å². The second-order valence-electron chi connectivity index (χ2n) is 5.29. The fourth-order valence-corrected chi connectivity index (χ4v) is 2.66. The van der Waals surface area contributed by atoms with Gasteiger partial charge in [0.2, 0.25) is 11.8 Å². The van der Waals surface area contributed by atoms with Crippen molar-refractivity contribution in [1.29, 1.82) is 0 Å². The van der Waals surface area contributed by atoms with Crippen LogP contribution in [0.25, 0.3) is 0 Å². The van der Waals surface area contributed by atoms with Gasteiger partial charge in [0.1, 0.15) is 6.04 Å². The maximum absolute atomic E-state index is 12.1. The van der Waals surface area contributed by atoms with Gasteiger partial charge in [-0.25, -0.2) is 0 Å². The van der Waals surface area contributed by atoms with Gasteiger partial charge in [0.15, 0.2) is 0 Å². The number of nitrogens with zero attached hydrogens (tertiary/aromatic N) is 2. The number of carbonyl (C=O) groups excluding carboxylic acids is 2. The minimum absolute atomic E-state index is 0.0277. The Morgan fingerprint density at radius 3 is 2.62 bits per heavy atom. The summed E-state index contributed by atoms with van der Waals surface area (Å²) < 4.78 is 0. The van der Waals surface area contributed by atoms with E-state index in [4.69, 9.17) is 5.73 Å². The fraction of sp³-hybridized carbons (Fsp3) is 0.467. The Morgan fingerprint density at radius 1 is 1.29 bits per heavy atom. The maximum Gasteiger partial charge on any atom is 0.238 e. The van der Waals surface area contributed by atoms with Gasteiger partial charge in [-0.2, -0.15) is 0 Å². The smallest absolute Gasteiger partial charge is 0.238 e. The summed E-state index contributed by atoms with van der Waals surface area (Å²) >= 11 is 0. The van der Waals surface area contributed by atoms with Gasteiger partial charge >= 0.3 is 0 Å². The molecular weight excluding hydrogens is 268 g/mol. The zero-order valence-electron chi connectivity index (χ0n) is 12.3. The number of carbonyl (C=O) groups is 2. The van der Waals surface area contributed by atoms with Gasteiger partial charge in [0.25, 0.3) is 0 Å². The summed E-state index contributed by atoms with van der Waals surface area (Å²) in [4.78, 5) is 27.2. The van der Waals surface area contributed by atoms with E-state index in [9.17, 15) is 9.59 Å².